The highest BCUT2D eigenvalue weighted by atomic mass is 16.5. The maximum Gasteiger partial charge on any atom is 0.131 e. The first-order chi connectivity index (χ1) is 9.93. The first kappa shape index (κ1) is 11.3. The maximum atomic E-state index is 6.03. The van der Waals surface area contributed by atoms with Gasteiger partial charge >= 0.3 is 0 Å². The van der Waals surface area contributed by atoms with E-state index in [-0.39, 0.29) is 5.92 Å². The van der Waals surface area contributed by atoms with Gasteiger partial charge in [-0.15, -0.1) is 0 Å². The maximum absolute atomic E-state index is 6.03. The molecule has 0 spiro atoms. The minimum Gasteiger partial charge on any atom is -0.457 e. The Kier molecular flexibility index (Phi) is 2.56. The standard InChI is InChI=1S/C19H14O/c1-2-8-14(9-3-1)19-15-10-4-6-12-17(15)20-18-13-7-5-11-16(18)19/h1-13,19H. The third-order valence-corrected chi connectivity index (χ3v) is 3.81. The highest BCUT2D eigenvalue weighted by molar-refractivity contribution is 5.57. The Labute approximate surface area is 118 Å². The molecule has 0 saturated heterocycles. The van der Waals surface area contributed by atoms with Crippen LogP contribution in [0.5, 0.6) is 11.5 Å². The number of ether oxygens (including phenoxy) is 1. The Balaban J connectivity index is 1.98. The molecule has 0 aromatic heterocycles. The van der Waals surface area contributed by atoms with Gasteiger partial charge in [-0.2, -0.15) is 0 Å². The van der Waals surface area contributed by atoms with Gasteiger partial charge in [0.05, 0.1) is 0 Å². The summed E-state index contributed by atoms with van der Waals surface area (Å²) in [6, 6.07) is 27.2. The summed E-state index contributed by atoms with van der Waals surface area (Å²) in [5, 5.41) is 0. The molecule has 0 unspecified atom stereocenters. The molecule has 0 amide bonds. The van der Waals surface area contributed by atoms with E-state index in [4.69, 9.17) is 4.74 Å². The van der Waals surface area contributed by atoms with Gasteiger partial charge in [-0.3, -0.25) is 0 Å². The summed E-state index contributed by atoms with van der Waals surface area (Å²) in [5.41, 5.74) is 3.77. The van der Waals surface area contributed by atoms with E-state index in [1.54, 1.807) is 0 Å². The van der Waals surface area contributed by atoms with Crippen LogP contribution in [-0.4, -0.2) is 0 Å². The van der Waals surface area contributed by atoms with Gasteiger partial charge in [0.2, 0.25) is 0 Å². The highest BCUT2D eigenvalue weighted by Gasteiger charge is 2.27. The number of hydrogen-bond acceptors (Lipinski definition) is 1. The quantitative estimate of drug-likeness (QED) is 0.468. The lowest BCUT2D eigenvalue weighted by Gasteiger charge is -2.28. The van der Waals surface area contributed by atoms with Crippen LogP contribution in [0.3, 0.4) is 0 Å². The summed E-state index contributed by atoms with van der Waals surface area (Å²) in [6.45, 7) is 0. The van der Waals surface area contributed by atoms with Crippen molar-refractivity contribution in [3.8, 4) is 11.5 Å². The molecule has 0 atom stereocenters. The Hall–Kier alpha value is -2.54. The van der Waals surface area contributed by atoms with Crippen LogP contribution in [-0.2, 0) is 0 Å². The van der Waals surface area contributed by atoms with E-state index in [0.717, 1.165) is 11.5 Å². The zero-order chi connectivity index (χ0) is 13.4. The smallest absolute Gasteiger partial charge is 0.131 e. The van der Waals surface area contributed by atoms with Gasteiger partial charge in [0.1, 0.15) is 11.5 Å². The minimum atomic E-state index is 0.248. The molecule has 0 fully saturated rings. The molecule has 3 aromatic rings. The molecule has 0 radical (unpaired) electrons. The molecule has 20 heavy (non-hydrogen) atoms. The second kappa shape index (κ2) is 4.53. The lowest BCUT2D eigenvalue weighted by atomic mass is 9.83. The van der Waals surface area contributed by atoms with Crippen LogP contribution in [0.2, 0.25) is 0 Å². The first-order valence-electron chi connectivity index (χ1n) is 6.84. The fourth-order valence-corrected chi connectivity index (χ4v) is 2.91. The Morgan fingerprint density at radius 3 is 1.65 bits per heavy atom. The summed E-state index contributed by atoms with van der Waals surface area (Å²) in [6.07, 6.45) is 0. The van der Waals surface area contributed by atoms with E-state index in [0.29, 0.717) is 0 Å². The molecule has 1 aliphatic rings. The summed E-state index contributed by atoms with van der Waals surface area (Å²) >= 11 is 0. The number of fused-ring (bicyclic) bond motifs is 2. The van der Waals surface area contributed by atoms with E-state index in [1.807, 2.05) is 24.3 Å². The van der Waals surface area contributed by atoms with Gasteiger partial charge in [0.15, 0.2) is 0 Å². The van der Waals surface area contributed by atoms with E-state index < -0.39 is 0 Å². The van der Waals surface area contributed by atoms with Crippen molar-refractivity contribution in [2.75, 3.05) is 0 Å². The molecule has 1 heterocycles. The number of para-hydroxylation sites is 2. The monoisotopic (exact) mass is 258 g/mol. The molecule has 1 nitrogen and oxygen atoms in total. The van der Waals surface area contributed by atoms with Crippen molar-refractivity contribution in [2.45, 2.75) is 5.92 Å². The van der Waals surface area contributed by atoms with Crippen molar-refractivity contribution in [1.29, 1.82) is 0 Å². The molecule has 3 aromatic carbocycles. The van der Waals surface area contributed by atoms with E-state index in [1.165, 1.54) is 16.7 Å². The molecule has 0 bridgehead atoms. The van der Waals surface area contributed by atoms with Crippen LogP contribution < -0.4 is 4.74 Å². The Bertz CT molecular complexity index is 701. The van der Waals surface area contributed by atoms with Crippen LogP contribution in [0.15, 0.2) is 78.9 Å². The SMILES string of the molecule is c1ccc(C2c3ccccc3Oc3ccccc32)cc1. The second-order valence-corrected chi connectivity index (χ2v) is 5.02. The number of rotatable bonds is 1. The Morgan fingerprint density at radius 1 is 0.550 bits per heavy atom. The predicted octanol–water partition coefficient (Wildman–Crippen LogP) is 4.97. The summed E-state index contributed by atoms with van der Waals surface area (Å²) in [5.74, 6) is 2.16. The molecule has 96 valence electrons. The van der Waals surface area contributed by atoms with E-state index in [9.17, 15) is 0 Å². The lowest BCUT2D eigenvalue weighted by molar-refractivity contribution is 0.453. The molecule has 1 heteroatoms. The van der Waals surface area contributed by atoms with Crippen molar-refractivity contribution in [1.82, 2.24) is 0 Å². The summed E-state index contributed by atoms with van der Waals surface area (Å²) in [7, 11) is 0. The zero-order valence-corrected chi connectivity index (χ0v) is 11.0. The number of hydrogen-bond donors (Lipinski definition) is 0. The molecule has 0 saturated carbocycles. The van der Waals surface area contributed by atoms with E-state index >= 15 is 0 Å². The van der Waals surface area contributed by atoms with Crippen LogP contribution in [0, 0.1) is 0 Å². The predicted molar refractivity (Wildman–Crippen MR) is 80.3 cm³/mol. The van der Waals surface area contributed by atoms with Crippen LogP contribution in [0.1, 0.15) is 22.6 Å². The van der Waals surface area contributed by atoms with Crippen molar-refractivity contribution < 1.29 is 4.74 Å². The van der Waals surface area contributed by atoms with Crippen LogP contribution in [0.4, 0.5) is 0 Å². The average Bonchev–Trinajstić information content (AvgIpc) is 2.53. The van der Waals surface area contributed by atoms with Crippen molar-refractivity contribution in [3.05, 3.63) is 95.6 Å². The van der Waals surface area contributed by atoms with Gasteiger partial charge < -0.3 is 4.74 Å². The zero-order valence-electron chi connectivity index (χ0n) is 11.0. The van der Waals surface area contributed by atoms with Crippen molar-refractivity contribution in [3.63, 3.8) is 0 Å². The van der Waals surface area contributed by atoms with Gasteiger partial charge in [0.25, 0.3) is 0 Å². The summed E-state index contributed by atoms with van der Waals surface area (Å²) < 4.78 is 6.03. The average molecular weight is 258 g/mol. The van der Waals surface area contributed by atoms with Crippen molar-refractivity contribution >= 4 is 0 Å². The fraction of sp³-hybridized carbons (Fsp3) is 0.0526. The van der Waals surface area contributed by atoms with Gasteiger partial charge in [-0.1, -0.05) is 66.7 Å². The third kappa shape index (κ3) is 1.71. The molecular formula is C19H14O. The number of benzene rings is 3. The summed E-state index contributed by atoms with van der Waals surface area (Å²) in [4.78, 5) is 0. The largest absolute Gasteiger partial charge is 0.457 e. The first-order valence-corrected chi connectivity index (χ1v) is 6.84. The van der Waals surface area contributed by atoms with Gasteiger partial charge in [-0.05, 0) is 17.7 Å². The minimum absolute atomic E-state index is 0.248. The van der Waals surface area contributed by atoms with Crippen molar-refractivity contribution in [2.24, 2.45) is 0 Å². The van der Waals surface area contributed by atoms with E-state index in [2.05, 4.69) is 54.6 Å². The van der Waals surface area contributed by atoms with Gasteiger partial charge in [0, 0.05) is 17.0 Å². The van der Waals surface area contributed by atoms with Gasteiger partial charge in [-0.25, -0.2) is 0 Å². The molecule has 1 aliphatic heterocycles. The second-order valence-electron chi connectivity index (χ2n) is 5.02. The van der Waals surface area contributed by atoms with Crippen LogP contribution >= 0.6 is 0 Å². The molecule has 4 rings (SSSR count). The fourth-order valence-electron chi connectivity index (χ4n) is 2.91. The third-order valence-electron chi connectivity index (χ3n) is 3.81. The molecule has 0 N–H and O–H groups in total. The van der Waals surface area contributed by atoms with Crippen LogP contribution in [0.25, 0.3) is 0 Å². The lowest BCUT2D eigenvalue weighted by Crippen LogP contribution is -2.11. The topological polar surface area (TPSA) is 9.23 Å². The highest BCUT2D eigenvalue weighted by Crippen LogP contribution is 2.46. The molecular weight excluding hydrogens is 244 g/mol. The Morgan fingerprint density at radius 2 is 1.05 bits per heavy atom. The normalized spacial score (nSPS) is 13.2. The molecule has 0 aliphatic carbocycles.